The molecule has 1 aliphatic heterocycles. The van der Waals surface area contributed by atoms with E-state index in [1.54, 1.807) is 10.9 Å². The van der Waals surface area contributed by atoms with E-state index in [0.29, 0.717) is 13.1 Å². The molecule has 1 aliphatic rings. The van der Waals surface area contributed by atoms with Gasteiger partial charge in [0.25, 0.3) is 0 Å². The summed E-state index contributed by atoms with van der Waals surface area (Å²) in [7, 11) is 0. The quantitative estimate of drug-likeness (QED) is 0.751. The molecule has 0 aliphatic carbocycles. The Morgan fingerprint density at radius 1 is 1.59 bits per heavy atom. The van der Waals surface area contributed by atoms with Gasteiger partial charge in [-0.3, -0.25) is 14.4 Å². The van der Waals surface area contributed by atoms with Crippen LogP contribution >= 0.6 is 0 Å². The highest BCUT2D eigenvalue weighted by atomic mass is 16.4. The zero-order chi connectivity index (χ0) is 12.3. The van der Waals surface area contributed by atoms with Crippen LogP contribution in [-0.2, 0) is 17.9 Å². The summed E-state index contributed by atoms with van der Waals surface area (Å²) in [6, 6.07) is -0.365. The number of aliphatic hydroxyl groups excluding tert-OH is 1. The largest absolute Gasteiger partial charge is 0.480 e. The van der Waals surface area contributed by atoms with E-state index in [4.69, 9.17) is 10.2 Å². The van der Waals surface area contributed by atoms with E-state index in [0.717, 1.165) is 24.9 Å². The maximum atomic E-state index is 11.0. The van der Waals surface area contributed by atoms with Crippen LogP contribution in [0.15, 0.2) is 12.4 Å². The van der Waals surface area contributed by atoms with E-state index >= 15 is 0 Å². The second-order valence-corrected chi connectivity index (χ2v) is 4.30. The summed E-state index contributed by atoms with van der Waals surface area (Å²) >= 11 is 0. The van der Waals surface area contributed by atoms with Crippen molar-refractivity contribution in [1.29, 1.82) is 0 Å². The Hall–Kier alpha value is -1.40. The highest BCUT2D eigenvalue weighted by Crippen LogP contribution is 2.19. The third-order valence-electron chi connectivity index (χ3n) is 3.05. The van der Waals surface area contributed by atoms with E-state index in [9.17, 15) is 4.79 Å². The number of carboxylic acid groups (broad SMARTS) is 1. The van der Waals surface area contributed by atoms with Gasteiger partial charge >= 0.3 is 5.97 Å². The Labute approximate surface area is 99.5 Å². The fourth-order valence-electron chi connectivity index (χ4n) is 2.24. The summed E-state index contributed by atoms with van der Waals surface area (Å²) in [4.78, 5) is 13.0. The maximum Gasteiger partial charge on any atom is 0.320 e. The lowest BCUT2D eigenvalue weighted by atomic mass is 10.2. The molecule has 6 nitrogen and oxygen atoms in total. The molecule has 2 rings (SSSR count). The molecular weight excluding hydrogens is 222 g/mol. The molecule has 1 fully saturated rings. The number of rotatable bonds is 5. The summed E-state index contributed by atoms with van der Waals surface area (Å²) < 4.78 is 1.67. The maximum absolute atomic E-state index is 11.0. The van der Waals surface area contributed by atoms with Crippen molar-refractivity contribution in [3.63, 3.8) is 0 Å². The smallest absolute Gasteiger partial charge is 0.320 e. The standard InChI is InChI=1S/C11H17N3O3/c15-5-4-14-8-9(6-12-14)7-13-3-1-2-10(13)11(16)17/h6,8,10,15H,1-5,7H2,(H,16,17). The van der Waals surface area contributed by atoms with Crippen LogP contribution in [0.2, 0.25) is 0 Å². The van der Waals surface area contributed by atoms with E-state index < -0.39 is 5.97 Å². The highest BCUT2D eigenvalue weighted by molar-refractivity contribution is 5.73. The zero-order valence-corrected chi connectivity index (χ0v) is 9.62. The van der Waals surface area contributed by atoms with Crippen molar-refractivity contribution in [3.05, 3.63) is 18.0 Å². The van der Waals surface area contributed by atoms with Crippen LogP contribution in [0.1, 0.15) is 18.4 Å². The van der Waals surface area contributed by atoms with E-state index in [1.807, 2.05) is 11.1 Å². The second-order valence-electron chi connectivity index (χ2n) is 4.30. The first-order chi connectivity index (χ1) is 8.20. The molecule has 2 N–H and O–H groups in total. The van der Waals surface area contributed by atoms with Crippen LogP contribution in [0.3, 0.4) is 0 Å². The monoisotopic (exact) mass is 239 g/mol. The first-order valence-corrected chi connectivity index (χ1v) is 5.80. The van der Waals surface area contributed by atoms with Crippen LogP contribution in [0.25, 0.3) is 0 Å². The van der Waals surface area contributed by atoms with Gasteiger partial charge in [0, 0.05) is 18.3 Å². The minimum absolute atomic E-state index is 0.0581. The number of hydrogen-bond donors (Lipinski definition) is 2. The van der Waals surface area contributed by atoms with E-state index in [-0.39, 0.29) is 12.6 Å². The number of aliphatic carboxylic acids is 1. The SMILES string of the molecule is O=C(O)C1CCCN1Cc1cnn(CCO)c1. The van der Waals surface area contributed by atoms with Gasteiger partial charge in [0.1, 0.15) is 6.04 Å². The van der Waals surface area contributed by atoms with Crippen LogP contribution < -0.4 is 0 Å². The molecule has 2 heterocycles. The van der Waals surface area contributed by atoms with Crippen LogP contribution in [0, 0.1) is 0 Å². The summed E-state index contributed by atoms with van der Waals surface area (Å²) in [6.45, 7) is 1.97. The second kappa shape index (κ2) is 5.29. The highest BCUT2D eigenvalue weighted by Gasteiger charge is 2.30. The number of carbonyl (C=O) groups is 1. The first-order valence-electron chi connectivity index (χ1n) is 5.80. The van der Waals surface area contributed by atoms with Crippen LogP contribution in [-0.4, -0.2) is 50.1 Å². The molecule has 94 valence electrons. The van der Waals surface area contributed by atoms with Gasteiger partial charge in [-0.05, 0) is 19.4 Å². The van der Waals surface area contributed by atoms with Crippen molar-refractivity contribution in [2.45, 2.75) is 32.0 Å². The Morgan fingerprint density at radius 2 is 2.41 bits per heavy atom. The molecule has 1 atom stereocenters. The molecule has 1 aromatic rings. The number of aromatic nitrogens is 2. The van der Waals surface area contributed by atoms with Gasteiger partial charge < -0.3 is 10.2 Å². The van der Waals surface area contributed by atoms with Crippen molar-refractivity contribution < 1.29 is 15.0 Å². The number of aliphatic hydroxyl groups is 1. The molecule has 0 aromatic carbocycles. The average Bonchev–Trinajstić information content (AvgIpc) is 2.89. The van der Waals surface area contributed by atoms with Gasteiger partial charge in [-0.1, -0.05) is 0 Å². The van der Waals surface area contributed by atoms with Crippen molar-refractivity contribution >= 4 is 5.97 Å². The summed E-state index contributed by atoms with van der Waals surface area (Å²) in [5.41, 5.74) is 0.992. The van der Waals surface area contributed by atoms with Crippen LogP contribution in [0.5, 0.6) is 0 Å². The van der Waals surface area contributed by atoms with Gasteiger partial charge in [-0.2, -0.15) is 5.10 Å². The molecule has 1 saturated heterocycles. The Kier molecular flexibility index (Phi) is 3.75. The van der Waals surface area contributed by atoms with Gasteiger partial charge in [0.15, 0.2) is 0 Å². The predicted octanol–water partition coefficient (Wildman–Crippen LogP) is -0.0756. The van der Waals surface area contributed by atoms with Crippen LogP contribution in [0.4, 0.5) is 0 Å². The number of hydrogen-bond acceptors (Lipinski definition) is 4. The third-order valence-corrected chi connectivity index (χ3v) is 3.05. The van der Waals surface area contributed by atoms with Gasteiger partial charge in [0.2, 0.25) is 0 Å². The summed E-state index contributed by atoms with van der Waals surface area (Å²) in [6.07, 6.45) is 5.24. The number of likely N-dealkylation sites (tertiary alicyclic amines) is 1. The van der Waals surface area contributed by atoms with E-state index in [2.05, 4.69) is 5.10 Å². The third kappa shape index (κ3) is 2.83. The molecule has 0 radical (unpaired) electrons. The molecule has 0 bridgehead atoms. The summed E-state index contributed by atoms with van der Waals surface area (Å²) in [5.74, 6) is -0.745. The molecular formula is C11H17N3O3. The summed E-state index contributed by atoms with van der Waals surface area (Å²) in [5, 5.41) is 21.9. The molecule has 0 amide bonds. The topological polar surface area (TPSA) is 78.6 Å². The number of nitrogens with zero attached hydrogens (tertiary/aromatic N) is 3. The Morgan fingerprint density at radius 3 is 3.12 bits per heavy atom. The normalized spacial score (nSPS) is 20.9. The molecule has 6 heteroatoms. The molecule has 0 saturated carbocycles. The lowest BCUT2D eigenvalue weighted by molar-refractivity contribution is -0.142. The Balaban J connectivity index is 1.97. The van der Waals surface area contributed by atoms with Crippen molar-refractivity contribution in [3.8, 4) is 0 Å². The van der Waals surface area contributed by atoms with Crippen molar-refractivity contribution in [2.75, 3.05) is 13.2 Å². The predicted molar refractivity (Wildman–Crippen MR) is 60.4 cm³/mol. The molecule has 0 spiro atoms. The lowest BCUT2D eigenvalue weighted by Crippen LogP contribution is -2.35. The minimum Gasteiger partial charge on any atom is -0.480 e. The fourth-order valence-corrected chi connectivity index (χ4v) is 2.24. The minimum atomic E-state index is -0.745. The van der Waals surface area contributed by atoms with Crippen molar-refractivity contribution in [2.24, 2.45) is 0 Å². The van der Waals surface area contributed by atoms with E-state index in [1.165, 1.54) is 0 Å². The number of carboxylic acids is 1. The lowest BCUT2D eigenvalue weighted by Gasteiger charge is -2.19. The van der Waals surface area contributed by atoms with Gasteiger partial charge in [-0.15, -0.1) is 0 Å². The van der Waals surface area contributed by atoms with Gasteiger partial charge in [-0.25, -0.2) is 0 Å². The van der Waals surface area contributed by atoms with Crippen molar-refractivity contribution in [1.82, 2.24) is 14.7 Å². The average molecular weight is 239 g/mol. The van der Waals surface area contributed by atoms with Gasteiger partial charge in [0.05, 0.1) is 19.3 Å². The molecule has 1 unspecified atom stereocenters. The molecule has 1 aromatic heterocycles. The zero-order valence-electron chi connectivity index (χ0n) is 9.62. The fraction of sp³-hybridized carbons (Fsp3) is 0.636. The first kappa shape index (κ1) is 12.1. The Bertz CT molecular complexity index is 391. The molecule has 17 heavy (non-hydrogen) atoms.